The largest absolute Gasteiger partial charge is 0.614 e. The number of nitrogens with two attached hydrogens (primary N) is 2. The van der Waals surface area contributed by atoms with Gasteiger partial charge in [0.2, 0.25) is 10.4 Å². The lowest BCUT2D eigenvalue weighted by molar-refractivity contribution is -0.157. The summed E-state index contributed by atoms with van der Waals surface area (Å²) in [7, 11) is 0. The van der Waals surface area contributed by atoms with E-state index in [1.165, 1.54) is 0 Å². The van der Waals surface area contributed by atoms with Gasteiger partial charge in [-0.05, 0) is 70.5 Å². The number of ether oxygens (including phenoxy) is 1. The predicted molar refractivity (Wildman–Crippen MR) is 126 cm³/mol. The van der Waals surface area contributed by atoms with Crippen LogP contribution < -0.4 is 16.8 Å². The van der Waals surface area contributed by atoms with Crippen LogP contribution in [0.2, 0.25) is 0 Å². The maximum Gasteiger partial charge on any atom is 0.405 e. The molecule has 34 heavy (non-hydrogen) atoms. The molecule has 0 radical (unpaired) electrons. The predicted octanol–water partition coefficient (Wildman–Crippen LogP) is 1.20. The van der Waals surface area contributed by atoms with E-state index in [2.05, 4.69) is 5.32 Å². The summed E-state index contributed by atoms with van der Waals surface area (Å²) >= 11 is -1.48. The molecular formula is C23H36N4O6S. The summed E-state index contributed by atoms with van der Waals surface area (Å²) < 4.78 is 18.0. The number of primary amides is 2. The molecule has 1 aliphatic carbocycles. The third-order valence-corrected chi connectivity index (χ3v) is 9.19. The first-order chi connectivity index (χ1) is 15.9. The molecule has 0 aromatic carbocycles. The molecule has 3 rings (SSSR count). The van der Waals surface area contributed by atoms with Gasteiger partial charge < -0.3 is 31.0 Å². The van der Waals surface area contributed by atoms with Crippen molar-refractivity contribution in [2.24, 2.45) is 17.4 Å². The fraction of sp³-hybridized carbons (Fsp3) is 0.739. The Morgan fingerprint density at radius 2 is 1.91 bits per heavy atom. The van der Waals surface area contributed by atoms with Crippen LogP contribution in [-0.2, 0) is 30.3 Å². The molecular weight excluding hydrogens is 460 g/mol. The van der Waals surface area contributed by atoms with Crippen LogP contribution in [-0.4, -0.2) is 61.1 Å². The highest BCUT2D eigenvalue weighted by Crippen LogP contribution is 2.53. The van der Waals surface area contributed by atoms with Crippen molar-refractivity contribution in [3.63, 3.8) is 0 Å². The van der Waals surface area contributed by atoms with Crippen LogP contribution in [0, 0.1) is 5.92 Å². The first-order valence-corrected chi connectivity index (χ1v) is 13.0. The van der Waals surface area contributed by atoms with Crippen molar-refractivity contribution in [1.29, 1.82) is 0 Å². The van der Waals surface area contributed by atoms with Gasteiger partial charge in [-0.2, -0.15) is 0 Å². The van der Waals surface area contributed by atoms with Crippen LogP contribution in [0.15, 0.2) is 12.2 Å². The lowest BCUT2D eigenvalue weighted by atomic mass is 9.92. The second kappa shape index (κ2) is 9.77. The number of hydrogen-bond donors (Lipinski definition) is 3. The number of fused-ring (bicyclic) bond motifs is 2. The van der Waals surface area contributed by atoms with Gasteiger partial charge in [0.25, 0.3) is 17.7 Å². The molecule has 4 amide bonds. The first kappa shape index (κ1) is 26.3. The Bertz CT molecular complexity index is 874. The lowest BCUT2D eigenvalue weighted by Gasteiger charge is -2.39. The molecule has 0 spiro atoms. The lowest BCUT2D eigenvalue weighted by Crippen LogP contribution is -2.68. The number of nitrogens with zero attached hydrogens (tertiary/aromatic N) is 1. The topological polar surface area (TPSA) is 168 Å². The molecule has 2 aliphatic heterocycles. The summed E-state index contributed by atoms with van der Waals surface area (Å²) in [5.41, 5.74) is 8.99. The molecule has 1 saturated heterocycles. The van der Waals surface area contributed by atoms with E-state index in [1.54, 1.807) is 0 Å². The van der Waals surface area contributed by atoms with Gasteiger partial charge in [0.05, 0.1) is 5.92 Å². The molecule has 190 valence electrons. The van der Waals surface area contributed by atoms with E-state index in [0.29, 0.717) is 19.3 Å². The number of amides is 4. The van der Waals surface area contributed by atoms with Gasteiger partial charge in [-0.3, -0.25) is 14.4 Å². The number of rotatable bonds is 3. The van der Waals surface area contributed by atoms with E-state index in [0.717, 1.165) is 24.2 Å². The molecule has 11 heteroatoms. The van der Waals surface area contributed by atoms with Crippen LogP contribution in [0.3, 0.4) is 0 Å². The zero-order valence-corrected chi connectivity index (χ0v) is 20.9. The normalized spacial score (nSPS) is 33.6. The van der Waals surface area contributed by atoms with E-state index in [9.17, 15) is 23.7 Å². The van der Waals surface area contributed by atoms with Crippen molar-refractivity contribution in [2.75, 3.05) is 6.54 Å². The quantitative estimate of drug-likeness (QED) is 0.301. The number of allylic oxidation sites excluding steroid dienone is 1. The van der Waals surface area contributed by atoms with Crippen molar-refractivity contribution < 1.29 is 28.5 Å². The monoisotopic (exact) mass is 496 g/mol. The highest BCUT2D eigenvalue weighted by Gasteiger charge is 2.69. The molecule has 4 unspecified atom stereocenters. The van der Waals surface area contributed by atoms with Crippen molar-refractivity contribution in [3.8, 4) is 0 Å². The molecule has 2 fully saturated rings. The third-order valence-electron chi connectivity index (χ3n) is 6.84. The van der Waals surface area contributed by atoms with Gasteiger partial charge in [0, 0.05) is 13.0 Å². The fourth-order valence-electron chi connectivity index (χ4n) is 5.03. The Morgan fingerprint density at radius 3 is 2.53 bits per heavy atom. The number of nitrogens with one attached hydrogen (secondary N) is 1. The maximum atomic E-state index is 13.7. The smallest absolute Gasteiger partial charge is 0.405 e. The van der Waals surface area contributed by atoms with Crippen LogP contribution in [0.5, 0.6) is 0 Å². The van der Waals surface area contributed by atoms with Gasteiger partial charge in [0.1, 0.15) is 4.75 Å². The van der Waals surface area contributed by atoms with Gasteiger partial charge in [-0.1, -0.05) is 18.6 Å². The average molecular weight is 497 g/mol. The second-order valence-corrected chi connectivity index (χ2v) is 12.8. The molecule has 0 aromatic rings. The third kappa shape index (κ3) is 4.91. The van der Waals surface area contributed by atoms with Crippen molar-refractivity contribution in [1.82, 2.24) is 10.2 Å². The Labute approximate surface area is 203 Å². The maximum absolute atomic E-state index is 13.7. The van der Waals surface area contributed by atoms with E-state index in [4.69, 9.17) is 16.2 Å². The molecule has 0 aromatic heterocycles. The molecule has 0 bridgehead atoms. The van der Waals surface area contributed by atoms with Crippen LogP contribution in [0.4, 0.5) is 4.79 Å². The van der Waals surface area contributed by atoms with Crippen LogP contribution in [0.1, 0.15) is 72.1 Å². The van der Waals surface area contributed by atoms with Crippen molar-refractivity contribution >= 4 is 35.0 Å². The van der Waals surface area contributed by atoms with E-state index in [-0.39, 0.29) is 25.3 Å². The minimum Gasteiger partial charge on any atom is -0.614 e. The zero-order chi connectivity index (χ0) is 25.3. The average Bonchev–Trinajstić information content (AvgIpc) is 3.22. The Kier molecular flexibility index (Phi) is 7.57. The molecule has 5 atom stereocenters. The standard InChI is InChI=1S/C23H36N4O6S/c1-21(2,3)34(32)23-14-15(23)10-7-5-4-6-8-11-16(33-20(25)31)17(28)27-13-9-12-22(27,18(24)29)19(30)26-23/h7,10,15-16H,4-6,8-9,11-14H2,1-3H3,(H2,24,29)(H2,25,31)(H,26,30)/t15?,16?,22?,23?,34-/m0/s1. The number of carbonyl (C=O) groups excluding carboxylic acids is 4. The molecule has 2 heterocycles. The molecule has 5 N–H and O–H groups in total. The number of carbonyl (C=O) groups is 4. The van der Waals surface area contributed by atoms with Gasteiger partial charge in [-0.15, -0.1) is 0 Å². The SMILES string of the molecule is CC(C)(C)[S@+]([O-])C12CC1C=CCCCCCC(OC(N)=O)C(=O)N1CCCC1(C(N)=O)C(=O)N2. The second-order valence-electron chi connectivity index (χ2n) is 10.3. The Morgan fingerprint density at radius 1 is 1.21 bits per heavy atom. The van der Waals surface area contributed by atoms with Gasteiger partial charge in [0.15, 0.2) is 6.10 Å². The van der Waals surface area contributed by atoms with E-state index < -0.39 is 56.3 Å². The molecule has 10 nitrogen and oxygen atoms in total. The van der Waals surface area contributed by atoms with Crippen LogP contribution >= 0.6 is 0 Å². The highest BCUT2D eigenvalue weighted by molar-refractivity contribution is 7.94. The summed E-state index contributed by atoms with van der Waals surface area (Å²) in [5, 5.41) is 2.90. The van der Waals surface area contributed by atoms with E-state index in [1.807, 2.05) is 32.9 Å². The minimum absolute atomic E-state index is 0.0297. The fourth-order valence-corrected chi connectivity index (χ4v) is 7.00. The summed E-state index contributed by atoms with van der Waals surface area (Å²) in [5.74, 6) is -2.53. The molecule has 1 saturated carbocycles. The summed E-state index contributed by atoms with van der Waals surface area (Å²) in [6.07, 6.45) is 5.80. The van der Waals surface area contributed by atoms with Gasteiger partial charge in [-0.25, -0.2) is 4.79 Å². The van der Waals surface area contributed by atoms with Crippen molar-refractivity contribution in [2.45, 2.75) is 93.4 Å². The summed E-state index contributed by atoms with van der Waals surface area (Å²) in [4.78, 5) is 51.5. The zero-order valence-electron chi connectivity index (χ0n) is 20.1. The first-order valence-electron chi connectivity index (χ1n) is 11.8. The minimum atomic E-state index is -1.96. The van der Waals surface area contributed by atoms with Crippen molar-refractivity contribution in [3.05, 3.63) is 12.2 Å². The summed E-state index contributed by atoms with van der Waals surface area (Å²) in [6.45, 7) is 5.60. The highest BCUT2D eigenvalue weighted by atomic mass is 32.2. The Balaban J connectivity index is 2.03. The number of hydrogen-bond acceptors (Lipinski definition) is 6. The Hall–Kier alpha value is -2.27. The van der Waals surface area contributed by atoms with Crippen LogP contribution in [0.25, 0.3) is 0 Å². The van der Waals surface area contributed by atoms with Gasteiger partial charge >= 0.3 is 6.09 Å². The van der Waals surface area contributed by atoms with E-state index >= 15 is 0 Å². The summed E-state index contributed by atoms with van der Waals surface area (Å²) in [6, 6.07) is 0. The molecule has 3 aliphatic rings.